The van der Waals surface area contributed by atoms with Crippen molar-refractivity contribution in [2.45, 2.75) is 17.0 Å². The Hall–Kier alpha value is -1.38. The van der Waals surface area contributed by atoms with Gasteiger partial charge < -0.3 is 5.32 Å². The number of hydrogen-bond donors (Lipinski definition) is 1. The van der Waals surface area contributed by atoms with Crippen LogP contribution in [0.4, 0.5) is 27.6 Å². The Balaban J connectivity index is 3.65. The standard InChI is InChI=1S/C10H10F5NO2S/c1-16-8-6(9(11,12)10(13,14)15)4-3-5-7(8)19(2,17)18/h3-5,16H,1-2H3. The normalized spacial score (nSPS) is 13.4. The summed E-state index contributed by atoms with van der Waals surface area (Å²) in [4.78, 5) is -0.614. The second-order valence-electron chi connectivity index (χ2n) is 3.77. The van der Waals surface area contributed by atoms with E-state index in [2.05, 4.69) is 5.32 Å². The molecule has 0 fully saturated rings. The molecule has 1 N–H and O–H groups in total. The summed E-state index contributed by atoms with van der Waals surface area (Å²) in [7, 11) is -2.87. The summed E-state index contributed by atoms with van der Waals surface area (Å²) in [5.41, 5.74) is -2.18. The molecule has 0 saturated heterocycles. The molecule has 0 saturated carbocycles. The third kappa shape index (κ3) is 2.80. The summed E-state index contributed by atoms with van der Waals surface area (Å²) in [5.74, 6) is -5.15. The van der Waals surface area contributed by atoms with Crippen molar-refractivity contribution in [2.24, 2.45) is 0 Å². The molecular formula is C10H10F5NO2S. The number of halogens is 5. The van der Waals surface area contributed by atoms with Crippen LogP contribution in [-0.4, -0.2) is 27.9 Å². The predicted octanol–water partition coefficient (Wildman–Crippen LogP) is 2.79. The molecule has 1 aromatic carbocycles. The van der Waals surface area contributed by atoms with Gasteiger partial charge >= 0.3 is 12.1 Å². The molecule has 0 aliphatic rings. The van der Waals surface area contributed by atoms with Crippen molar-refractivity contribution in [2.75, 3.05) is 18.6 Å². The largest absolute Gasteiger partial charge is 0.458 e. The number of alkyl halides is 5. The first-order valence-electron chi connectivity index (χ1n) is 4.88. The molecule has 0 atom stereocenters. The first-order chi connectivity index (χ1) is 8.43. The van der Waals surface area contributed by atoms with Crippen molar-refractivity contribution < 1.29 is 30.4 Å². The number of benzene rings is 1. The van der Waals surface area contributed by atoms with Crippen molar-refractivity contribution in [1.29, 1.82) is 0 Å². The third-order valence-corrected chi connectivity index (χ3v) is 3.51. The van der Waals surface area contributed by atoms with E-state index in [1.54, 1.807) is 0 Å². The summed E-state index contributed by atoms with van der Waals surface area (Å²) in [5, 5.41) is 2.09. The van der Waals surface area contributed by atoms with Gasteiger partial charge in [-0.1, -0.05) is 12.1 Å². The highest BCUT2D eigenvalue weighted by atomic mass is 32.2. The number of para-hydroxylation sites is 1. The molecule has 1 rings (SSSR count). The van der Waals surface area contributed by atoms with Crippen molar-refractivity contribution in [3.05, 3.63) is 23.8 Å². The maximum absolute atomic E-state index is 13.3. The molecule has 1 aromatic rings. The van der Waals surface area contributed by atoms with Crippen LogP contribution in [0.1, 0.15) is 5.56 Å². The number of hydrogen-bond acceptors (Lipinski definition) is 3. The smallest absolute Gasteiger partial charge is 0.387 e. The third-order valence-electron chi connectivity index (χ3n) is 2.37. The lowest BCUT2D eigenvalue weighted by atomic mass is 10.1. The lowest BCUT2D eigenvalue weighted by Gasteiger charge is -2.23. The monoisotopic (exact) mass is 303 g/mol. The van der Waals surface area contributed by atoms with E-state index in [1.807, 2.05) is 0 Å². The van der Waals surface area contributed by atoms with Crippen LogP contribution in [-0.2, 0) is 15.8 Å². The molecule has 9 heteroatoms. The first-order valence-corrected chi connectivity index (χ1v) is 6.78. The molecule has 0 unspecified atom stereocenters. The van der Waals surface area contributed by atoms with Gasteiger partial charge in [-0.3, -0.25) is 0 Å². The molecule has 0 aliphatic carbocycles. The van der Waals surface area contributed by atoms with Gasteiger partial charge in [-0.2, -0.15) is 22.0 Å². The van der Waals surface area contributed by atoms with Gasteiger partial charge in [-0.15, -0.1) is 0 Å². The molecule has 0 aromatic heterocycles. The van der Waals surface area contributed by atoms with Crippen LogP contribution in [0, 0.1) is 0 Å². The van der Waals surface area contributed by atoms with Crippen LogP contribution in [0.3, 0.4) is 0 Å². The van der Waals surface area contributed by atoms with Crippen LogP contribution < -0.4 is 5.32 Å². The first kappa shape index (κ1) is 15.7. The predicted molar refractivity (Wildman–Crippen MR) is 59.0 cm³/mol. The van der Waals surface area contributed by atoms with Crippen LogP contribution in [0.2, 0.25) is 0 Å². The Labute approximate surface area is 106 Å². The molecule has 0 radical (unpaired) electrons. The van der Waals surface area contributed by atoms with Gasteiger partial charge in [0.25, 0.3) is 0 Å². The van der Waals surface area contributed by atoms with E-state index < -0.39 is 38.1 Å². The summed E-state index contributed by atoms with van der Waals surface area (Å²) < 4.78 is 86.4. The Kier molecular flexibility index (Phi) is 3.81. The Morgan fingerprint density at radius 1 is 1.11 bits per heavy atom. The molecule has 0 spiro atoms. The van der Waals surface area contributed by atoms with Crippen LogP contribution >= 0.6 is 0 Å². The Morgan fingerprint density at radius 2 is 1.63 bits per heavy atom. The van der Waals surface area contributed by atoms with E-state index in [0.717, 1.165) is 25.4 Å². The van der Waals surface area contributed by atoms with Crippen molar-refractivity contribution in [3.8, 4) is 0 Å². The van der Waals surface area contributed by atoms with E-state index in [-0.39, 0.29) is 0 Å². The van der Waals surface area contributed by atoms with Gasteiger partial charge in [0.05, 0.1) is 16.1 Å². The fourth-order valence-electron chi connectivity index (χ4n) is 1.51. The maximum Gasteiger partial charge on any atom is 0.458 e. The summed E-state index contributed by atoms with van der Waals surface area (Å²) in [6.45, 7) is 0. The van der Waals surface area contributed by atoms with Crippen molar-refractivity contribution >= 4 is 15.5 Å². The van der Waals surface area contributed by atoms with Crippen LogP contribution in [0.15, 0.2) is 23.1 Å². The quantitative estimate of drug-likeness (QED) is 0.873. The zero-order valence-electron chi connectivity index (χ0n) is 9.85. The topological polar surface area (TPSA) is 46.2 Å². The number of rotatable bonds is 3. The van der Waals surface area contributed by atoms with Gasteiger partial charge in [0, 0.05) is 13.3 Å². The minimum Gasteiger partial charge on any atom is -0.387 e. The second-order valence-corrected chi connectivity index (χ2v) is 5.76. The number of nitrogens with one attached hydrogen (secondary N) is 1. The minimum atomic E-state index is -5.81. The minimum absolute atomic E-state index is 0.536. The molecule has 3 nitrogen and oxygen atoms in total. The molecular weight excluding hydrogens is 293 g/mol. The zero-order chi connectivity index (χ0) is 15.1. The fourth-order valence-corrected chi connectivity index (χ4v) is 2.42. The number of anilines is 1. The highest BCUT2D eigenvalue weighted by Gasteiger charge is 2.59. The van der Waals surface area contributed by atoms with E-state index in [1.165, 1.54) is 0 Å². The molecule has 19 heavy (non-hydrogen) atoms. The van der Waals surface area contributed by atoms with Gasteiger partial charge in [0.2, 0.25) is 0 Å². The SMILES string of the molecule is CNc1c(C(F)(F)C(F)(F)F)cccc1S(C)(=O)=O. The van der Waals surface area contributed by atoms with Gasteiger partial charge in [-0.25, -0.2) is 8.42 Å². The fraction of sp³-hybridized carbons (Fsp3) is 0.400. The van der Waals surface area contributed by atoms with Gasteiger partial charge in [0.15, 0.2) is 9.84 Å². The second kappa shape index (κ2) is 4.62. The summed E-state index contributed by atoms with van der Waals surface area (Å²) in [6.07, 6.45) is -5.09. The van der Waals surface area contributed by atoms with Gasteiger partial charge in [0.1, 0.15) is 0 Å². The Morgan fingerprint density at radius 3 is 2.00 bits per heavy atom. The average molecular weight is 303 g/mol. The van der Waals surface area contributed by atoms with E-state index in [4.69, 9.17) is 0 Å². The molecule has 108 valence electrons. The maximum atomic E-state index is 13.3. The lowest BCUT2D eigenvalue weighted by molar-refractivity contribution is -0.289. The van der Waals surface area contributed by atoms with E-state index >= 15 is 0 Å². The molecule has 0 amide bonds. The van der Waals surface area contributed by atoms with E-state index in [0.29, 0.717) is 6.07 Å². The lowest BCUT2D eigenvalue weighted by Crippen LogP contribution is -2.34. The van der Waals surface area contributed by atoms with E-state index in [9.17, 15) is 30.4 Å². The summed E-state index contributed by atoms with van der Waals surface area (Å²) >= 11 is 0. The summed E-state index contributed by atoms with van der Waals surface area (Å²) in [6, 6.07) is 2.33. The van der Waals surface area contributed by atoms with Crippen LogP contribution in [0.25, 0.3) is 0 Å². The average Bonchev–Trinajstić information content (AvgIpc) is 2.25. The number of sulfone groups is 1. The molecule has 0 bridgehead atoms. The van der Waals surface area contributed by atoms with Crippen molar-refractivity contribution in [1.82, 2.24) is 0 Å². The van der Waals surface area contributed by atoms with Crippen LogP contribution in [0.5, 0.6) is 0 Å². The highest BCUT2D eigenvalue weighted by Crippen LogP contribution is 2.47. The molecule has 0 aliphatic heterocycles. The zero-order valence-corrected chi connectivity index (χ0v) is 10.7. The molecule has 0 heterocycles. The van der Waals surface area contributed by atoms with Gasteiger partial charge in [-0.05, 0) is 6.07 Å². The van der Waals surface area contributed by atoms with Crippen molar-refractivity contribution in [3.63, 3.8) is 0 Å². The highest BCUT2D eigenvalue weighted by molar-refractivity contribution is 7.90. The Bertz CT molecular complexity index is 580.